The molecule has 20 rings (SSSR count). The fraction of sp³-hybridized carbons (Fsp3) is 0.256. The van der Waals surface area contributed by atoms with Gasteiger partial charge in [-0.2, -0.15) is 0 Å². The number of amidine groups is 8. The van der Waals surface area contributed by atoms with Gasteiger partial charge < -0.3 is 16.5 Å². The van der Waals surface area contributed by atoms with E-state index in [2.05, 4.69) is 266 Å². The molecule has 8 aliphatic rings. The summed E-state index contributed by atoms with van der Waals surface area (Å²) >= 11 is 0. The maximum absolute atomic E-state index is 9.74. The SMILES string of the molecule is CCC[Si](CCC)(CCC)O[Si]1(O[Si](CC)(CC)O[Si]2(O[Si](CCC)(CCC)CCC)n3c4c5ccccc5c3N=C3N=C(N=c5c6ccccc6c(n52)=NC2=NC(=N4)c4ccccc42)c2ccccc23)n2c3c4ccccc4c2N=C2N=C(N=c4c5ccccc5c(n41)=NC1=NC(=N3)c3ccccc31)c1ccccc12. The third kappa shape index (κ3) is 10.5. The molecular formula is C86H84N16O4Si5. The van der Waals surface area contributed by atoms with E-state index in [1.165, 1.54) is 0 Å². The highest BCUT2D eigenvalue weighted by Gasteiger charge is 2.67. The first-order valence-electron chi connectivity index (χ1n) is 39.8. The lowest BCUT2D eigenvalue weighted by atomic mass is 10.1. The molecule has 20 nitrogen and oxygen atoms in total. The zero-order valence-electron chi connectivity index (χ0n) is 63.7. The Kier molecular flexibility index (Phi) is 16.8. The number of hydrogen-bond donors (Lipinski definition) is 0. The lowest BCUT2D eigenvalue weighted by Crippen LogP contribution is -2.76. The quantitative estimate of drug-likeness (QED) is 0.0607. The van der Waals surface area contributed by atoms with E-state index in [1.807, 2.05) is 0 Å². The molecule has 2 unspecified atom stereocenters. The van der Waals surface area contributed by atoms with E-state index in [0.29, 0.717) is 104 Å². The molecule has 25 heteroatoms. The van der Waals surface area contributed by atoms with Gasteiger partial charge in [0.05, 0.1) is 0 Å². The first-order valence-corrected chi connectivity index (χ1v) is 50.5. The predicted octanol–water partition coefficient (Wildman–Crippen LogP) is 17.7. The molecule has 12 heterocycles. The molecule has 4 aromatic heterocycles. The second-order valence-corrected chi connectivity index (χ2v) is 48.4. The van der Waals surface area contributed by atoms with Crippen molar-refractivity contribution in [2.24, 2.45) is 59.9 Å². The van der Waals surface area contributed by atoms with Crippen molar-refractivity contribution in [3.05, 3.63) is 261 Å². The van der Waals surface area contributed by atoms with Crippen LogP contribution in [-0.2, 0) is 16.5 Å². The first-order chi connectivity index (χ1) is 54.5. The normalized spacial score (nSPS) is 18.1. The highest BCUT2D eigenvalue weighted by Crippen LogP contribution is 2.51. The zero-order valence-corrected chi connectivity index (χ0v) is 68.7. The van der Waals surface area contributed by atoms with Crippen LogP contribution in [0.3, 0.4) is 0 Å². The van der Waals surface area contributed by atoms with E-state index in [1.54, 1.807) is 0 Å². The van der Waals surface area contributed by atoms with E-state index in [9.17, 15) is 16.5 Å². The molecular weight excluding hydrogens is 1460 g/mol. The Bertz CT molecular complexity index is 5800. The van der Waals surface area contributed by atoms with Crippen LogP contribution >= 0.6 is 0 Å². The minimum Gasteiger partial charge on any atom is -0.404 e. The monoisotopic (exact) mass is 1540 g/mol. The Morgan fingerprint density at radius 3 is 0.640 bits per heavy atom. The Morgan fingerprint density at radius 2 is 0.432 bits per heavy atom. The summed E-state index contributed by atoms with van der Waals surface area (Å²) in [6.45, 7) is 18.4. The molecule has 8 aromatic carbocycles. The van der Waals surface area contributed by atoms with Crippen LogP contribution in [0.15, 0.2) is 254 Å². The van der Waals surface area contributed by atoms with Gasteiger partial charge in [0.15, 0.2) is 63.3 Å². The maximum Gasteiger partial charge on any atom is 0.583 e. The summed E-state index contributed by atoms with van der Waals surface area (Å²) in [6, 6.07) is 73.0. The van der Waals surface area contributed by atoms with Crippen molar-refractivity contribution < 1.29 is 16.5 Å². The number of aromatic nitrogens is 4. The number of hydrogen-bond acceptors (Lipinski definition) is 16. The fourth-order valence-corrected chi connectivity index (χ4v) is 47.7. The number of rotatable bonds is 22. The topological polar surface area (TPSA) is 205 Å². The van der Waals surface area contributed by atoms with Crippen LogP contribution in [0, 0.1) is 0 Å². The van der Waals surface area contributed by atoms with Crippen LogP contribution in [0.5, 0.6) is 0 Å². The highest BCUT2D eigenvalue weighted by atomic mass is 28.5. The summed E-state index contributed by atoms with van der Waals surface area (Å²) in [6.07, 6.45) is 5.17. The van der Waals surface area contributed by atoms with Gasteiger partial charge in [0.25, 0.3) is 0 Å². The molecule has 0 saturated carbocycles. The highest BCUT2D eigenvalue weighted by molar-refractivity contribution is 6.92. The Hall–Kier alpha value is -10.6. The van der Waals surface area contributed by atoms with Gasteiger partial charge in [0.2, 0.25) is 0 Å². The van der Waals surface area contributed by atoms with Crippen LogP contribution in [0.1, 0.15) is 138 Å². The third-order valence-electron chi connectivity index (χ3n) is 23.3. The van der Waals surface area contributed by atoms with Gasteiger partial charge in [-0.1, -0.05) is 288 Å². The van der Waals surface area contributed by atoms with Crippen molar-refractivity contribution >= 4 is 156 Å². The molecule has 12 bridgehead atoms. The summed E-state index contributed by atoms with van der Waals surface area (Å²) < 4.78 is 47.7. The summed E-state index contributed by atoms with van der Waals surface area (Å²) in [7, 11) is -21.3. The molecule has 0 aliphatic carbocycles. The van der Waals surface area contributed by atoms with Crippen molar-refractivity contribution in [1.82, 2.24) is 16.9 Å². The predicted molar refractivity (Wildman–Crippen MR) is 455 cm³/mol. The molecule has 8 aliphatic heterocycles. The summed E-state index contributed by atoms with van der Waals surface area (Å²) in [5.74, 6) is 6.38. The van der Waals surface area contributed by atoms with Gasteiger partial charge in [-0.25, -0.2) is 59.9 Å². The average Bonchev–Trinajstić information content (AvgIpc) is 1.54. The number of nitrogens with zero attached hydrogens (tertiary/aromatic N) is 16. The standard InChI is InChI=1S/C86H84N16O4Si5/c1-9-49-107(50-10-2,51-11-3)103-110(99-79-63-41-25-26-42-64(63)81(99)93-73-57-35-19-20-36-58(57)74(88-73)94-82-66-44-28-27-43-65(66)80(100(82)110)92-72-56-34-18-17-33-55(56)71(87-72)91-79)105-109(15-7,16-8)106-111(104-108(52-12-4,53-13-5)54-14-6)101-83-67-45-29-30-46-68(67)85(101)97-77-61-39-23-24-40-62(61)78(90-77)98-86-70-48-32-31-47-69(70)84(102(86)111)96-76-60-38-22-21-37-59(60)75(89-76)95-83/h17-48H,9-16,49-54H2,1-8H3. The second kappa shape index (κ2) is 26.8. The van der Waals surface area contributed by atoms with Gasteiger partial charge >= 0.3 is 26.3 Å². The van der Waals surface area contributed by atoms with Crippen LogP contribution in [0.2, 0.25) is 48.4 Å². The van der Waals surface area contributed by atoms with Crippen LogP contribution in [-0.4, -0.2) is 107 Å². The van der Waals surface area contributed by atoms with E-state index in [0.717, 1.165) is 162 Å². The minimum atomic E-state index is -5.15. The Labute approximate surface area is 648 Å². The van der Waals surface area contributed by atoms with Crippen LogP contribution in [0.25, 0.3) is 43.1 Å². The minimum absolute atomic E-state index is 0.364. The molecule has 0 saturated heterocycles. The van der Waals surface area contributed by atoms with Gasteiger partial charge in [0.1, 0.15) is 45.2 Å². The summed E-state index contributed by atoms with van der Waals surface area (Å²) in [5.41, 5.74) is 9.11. The summed E-state index contributed by atoms with van der Waals surface area (Å²) in [4.78, 5) is 70.7. The average molecular weight is 1550 g/mol. The molecule has 0 spiro atoms. The second-order valence-electron chi connectivity index (χ2n) is 30.2. The van der Waals surface area contributed by atoms with Crippen molar-refractivity contribution in [3.63, 3.8) is 0 Å². The van der Waals surface area contributed by atoms with E-state index in [4.69, 9.17) is 59.9 Å². The van der Waals surface area contributed by atoms with Gasteiger partial charge in [0, 0.05) is 87.6 Å². The van der Waals surface area contributed by atoms with Crippen molar-refractivity contribution in [3.8, 4) is 0 Å². The van der Waals surface area contributed by atoms with Crippen molar-refractivity contribution in [2.75, 3.05) is 0 Å². The largest absolute Gasteiger partial charge is 0.583 e. The number of benzene rings is 8. The molecule has 111 heavy (non-hydrogen) atoms. The maximum atomic E-state index is 9.74. The molecule has 2 atom stereocenters. The third-order valence-corrected chi connectivity index (χ3v) is 48.6. The Morgan fingerprint density at radius 1 is 0.234 bits per heavy atom. The van der Waals surface area contributed by atoms with Gasteiger partial charge in [-0.3, -0.25) is 16.9 Å². The van der Waals surface area contributed by atoms with Gasteiger partial charge in [-0.15, -0.1) is 0 Å². The number of fused-ring (bicyclic) bond motifs is 28. The van der Waals surface area contributed by atoms with Crippen molar-refractivity contribution in [1.29, 1.82) is 0 Å². The van der Waals surface area contributed by atoms with E-state index >= 15 is 0 Å². The van der Waals surface area contributed by atoms with E-state index < -0.39 is 43.0 Å². The number of aliphatic imine (C=N–C) groups is 8. The van der Waals surface area contributed by atoms with Crippen molar-refractivity contribution in [2.45, 2.75) is 142 Å². The molecule has 0 radical (unpaired) electrons. The molecule has 0 fully saturated rings. The lowest BCUT2D eigenvalue weighted by Gasteiger charge is -2.49. The zero-order chi connectivity index (χ0) is 75.1. The fourth-order valence-electron chi connectivity index (χ4n) is 18.7. The summed E-state index contributed by atoms with van der Waals surface area (Å²) in [5, 5.41) is 6.66. The molecule has 552 valence electrons. The lowest BCUT2D eigenvalue weighted by molar-refractivity contribution is 0.242. The molecule has 0 N–H and O–H groups in total. The van der Waals surface area contributed by atoms with E-state index in [-0.39, 0.29) is 0 Å². The van der Waals surface area contributed by atoms with Crippen LogP contribution < -0.4 is 22.0 Å². The smallest absolute Gasteiger partial charge is 0.404 e. The van der Waals surface area contributed by atoms with Gasteiger partial charge in [-0.05, 0) is 48.4 Å². The molecule has 12 aromatic rings. The van der Waals surface area contributed by atoms with Crippen LogP contribution in [0.4, 0.5) is 23.3 Å². The molecule has 0 amide bonds. The first kappa shape index (κ1) is 69.6. The Balaban J connectivity index is 1.02.